The Balaban J connectivity index is 1.53. The number of hydrogen-bond donors (Lipinski definition) is 7. The van der Waals surface area contributed by atoms with Crippen molar-refractivity contribution in [2.24, 2.45) is 22.2 Å². The van der Waals surface area contributed by atoms with Gasteiger partial charge in [-0.2, -0.15) is 0 Å². The van der Waals surface area contributed by atoms with Crippen LogP contribution in [0.2, 0.25) is 0 Å². The van der Waals surface area contributed by atoms with E-state index in [4.69, 9.17) is 18.9 Å². The third-order valence-electron chi connectivity index (χ3n) is 13.1. The fourth-order valence-electron chi connectivity index (χ4n) is 9.84. The molecular formula is C43H55NO14. The van der Waals surface area contributed by atoms with E-state index in [1.54, 1.807) is 69.3 Å². The molecule has 1 aliphatic heterocycles. The van der Waals surface area contributed by atoms with Crippen LogP contribution in [0.1, 0.15) is 83.8 Å². The Morgan fingerprint density at radius 3 is 2.02 bits per heavy atom. The molecule has 2 unspecified atom stereocenters. The molecule has 3 aliphatic carbocycles. The molecule has 316 valence electrons. The lowest BCUT2D eigenvalue weighted by molar-refractivity contribution is -0.370. The van der Waals surface area contributed by atoms with E-state index in [0.717, 1.165) is 6.92 Å². The van der Waals surface area contributed by atoms with Gasteiger partial charge in [-0.25, -0.2) is 9.59 Å². The van der Waals surface area contributed by atoms with E-state index in [2.05, 4.69) is 5.32 Å². The molecule has 1 heterocycles. The number of hydrogen-bond acceptors (Lipinski definition) is 14. The maximum Gasteiger partial charge on any atom is 0.338 e. The second-order valence-corrected chi connectivity index (χ2v) is 17.9. The van der Waals surface area contributed by atoms with Crippen LogP contribution >= 0.6 is 0 Å². The van der Waals surface area contributed by atoms with Gasteiger partial charge in [0.15, 0.2) is 17.8 Å². The maximum atomic E-state index is 14.2. The van der Waals surface area contributed by atoms with E-state index in [-0.39, 0.29) is 29.7 Å². The van der Waals surface area contributed by atoms with Gasteiger partial charge in [0.25, 0.3) is 0 Å². The Bertz CT molecular complexity index is 1950. The minimum atomic E-state index is -2.78. The number of amides is 1. The van der Waals surface area contributed by atoms with Crippen molar-refractivity contribution in [3.8, 4) is 0 Å². The molecule has 0 aromatic heterocycles. The molecule has 4 aliphatic rings. The molecule has 15 nitrogen and oxygen atoms in total. The van der Waals surface area contributed by atoms with Crippen molar-refractivity contribution in [1.29, 1.82) is 0 Å². The largest absolute Gasteiger partial charge is 0.455 e. The van der Waals surface area contributed by atoms with E-state index < -0.39 is 112 Å². The van der Waals surface area contributed by atoms with Crippen molar-refractivity contribution < 1.29 is 68.8 Å². The molecule has 2 aromatic rings. The zero-order valence-corrected chi connectivity index (χ0v) is 33.9. The van der Waals surface area contributed by atoms with Gasteiger partial charge >= 0.3 is 17.9 Å². The molecular weight excluding hydrogens is 754 g/mol. The standard InChI is InChI=1S/C43H55NO14/c1-21-27-29(47)33(49)41(8)25(46)19-26-42(20-55-26,58-22(2)45)32(41)35(57-36(51)24-17-13-10-14-18-24)43(54,40(27,6)7)34(50)31(21)56-37(52)30(48)28(23-15-11-9-12-16-23)44-38(53)39(3,4)5/h9-18,25-26,28-35,46-50,54H,19-20H2,1-8H3,(H,44,53)/t25-,26+,28-,29+,30+,31+,32?,33+,34-,35?,41+,42-,43+/m0/s1. The first-order valence-electron chi connectivity index (χ1n) is 19.4. The van der Waals surface area contributed by atoms with Crippen LogP contribution in [0.4, 0.5) is 0 Å². The first-order valence-corrected chi connectivity index (χ1v) is 19.4. The number of aliphatic hydroxyl groups is 6. The van der Waals surface area contributed by atoms with Gasteiger partial charge in [-0.15, -0.1) is 0 Å². The lowest BCUT2D eigenvalue weighted by Crippen LogP contribution is -2.84. The van der Waals surface area contributed by atoms with Crippen LogP contribution in [0.3, 0.4) is 0 Å². The van der Waals surface area contributed by atoms with Crippen LogP contribution in [0.5, 0.6) is 0 Å². The molecule has 13 atom stereocenters. The summed E-state index contributed by atoms with van der Waals surface area (Å²) in [6.07, 6.45) is -14.7. The van der Waals surface area contributed by atoms with Crippen LogP contribution in [-0.2, 0) is 33.3 Å². The molecule has 58 heavy (non-hydrogen) atoms. The minimum Gasteiger partial charge on any atom is -0.455 e. The van der Waals surface area contributed by atoms with Gasteiger partial charge in [-0.05, 0) is 35.8 Å². The van der Waals surface area contributed by atoms with Gasteiger partial charge in [0.2, 0.25) is 5.91 Å². The average molecular weight is 810 g/mol. The number of carbonyl (C=O) groups is 4. The molecule has 2 bridgehead atoms. The van der Waals surface area contributed by atoms with Crippen LogP contribution < -0.4 is 5.32 Å². The summed E-state index contributed by atoms with van der Waals surface area (Å²) in [7, 11) is 0. The monoisotopic (exact) mass is 809 g/mol. The topological polar surface area (TPSA) is 239 Å². The zero-order chi connectivity index (χ0) is 42.9. The number of benzene rings is 2. The molecule has 2 aromatic carbocycles. The second-order valence-electron chi connectivity index (χ2n) is 17.9. The van der Waals surface area contributed by atoms with Crippen LogP contribution in [0.15, 0.2) is 71.8 Å². The van der Waals surface area contributed by atoms with Gasteiger partial charge in [-0.1, -0.05) is 90.1 Å². The van der Waals surface area contributed by atoms with Crippen molar-refractivity contribution in [2.45, 2.75) is 128 Å². The summed E-state index contributed by atoms with van der Waals surface area (Å²) in [5.74, 6) is -5.21. The number of rotatable bonds is 8. The highest BCUT2D eigenvalue weighted by Gasteiger charge is 2.79. The molecule has 1 saturated heterocycles. The van der Waals surface area contributed by atoms with E-state index in [0.29, 0.717) is 5.56 Å². The third kappa shape index (κ3) is 6.64. The van der Waals surface area contributed by atoms with Gasteiger partial charge in [0.1, 0.15) is 30.0 Å². The summed E-state index contributed by atoms with van der Waals surface area (Å²) < 4.78 is 24.0. The van der Waals surface area contributed by atoms with E-state index in [1.807, 2.05) is 0 Å². The first-order chi connectivity index (χ1) is 27.0. The van der Waals surface area contributed by atoms with Crippen LogP contribution in [-0.4, -0.2) is 121 Å². The summed E-state index contributed by atoms with van der Waals surface area (Å²) in [6, 6.07) is 14.6. The Hall–Kier alpha value is -4.22. The molecule has 15 heteroatoms. The number of fused-ring (bicyclic) bond motifs is 5. The molecule has 0 radical (unpaired) electrons. The van der Waals surface area contributed by atoms with Crippen molar-refractivity contribution in [2.75, 3.05) is 6.61 Å². The molecule has 7 N–H and O–H groups in total. The summed E-state index contributed by atoms with van der Waals surface area (Å²) >= 11 is 0. The second kappa shape index (κ2) is 15.1. The smallest absolute Gasteiger partial charge is 0.338 e. The highest BCUT2D eigenvalue weighted by atomic mass is 16.6. The van der Waals surface area contributed by atoms with Crippen LogP contribution in [0.25, 0.3) is 0 Å². The molecule has 2 saturated carbocycles. The molecule has 1 amide bonds. The summed E-state index contributed by atoms with van der Waals surface area (Å²) in [5.41, 5.74) is -9.00. The number of esters is 3. The summed E-state index contributed by atoms with van der Waals surface area (Å²) in [4.78, 5) is 54.3. The Morgan fingerprint density at radius 2 is 1.48 bits per heavy atom. The fraction of sp³-hybridized carbons (Fsp3) is 0.581. The lowest BCUT2D eigenvalue weighted by atomic mass is 9.44. The first kappa shape index (κ1) is 43.4. The van der Waals surface area contributed by atoms with Gasteiger partial charge in [0, 0.05) is 29.6 Å². The van der Waals surface area contributed by atoms with Crippen molar-refractivity contribution >= 4 is 23.8 Å². The Kier molecular flexibility index (Phi) is 11.3. The van der Waals surface area contributed by atoms with E-state index in [9.17, 15) is 49.8 Å². The average Bonchev–Trinajstić information content (AvgIpc) is 3.16. The molecule has 0 spiro atoms. The van der Waals surface area contributed by atoms with Gasteiger partial charge < -0.3 is 54.9 Å². The van der Waals surface area contributed by atoms with E-state index in [1.165, 1.54) is 39.8 Å². The number of carbonyl (C=O) groups excluding carboxylic acids is 4. The fourth-order valence-corrected chi connectivity index (χ4v) is 9.84. The quantitative estimate of drug-likeness (QED) is 0.114. The minimum absolute atomic E-state index is 0.00991. The number of aliphatic hydroxyl groups excluding tert-OH is 5. The lowest BCUT2D eigenvalue weighted by Gasteiger charge is -2.69. The predicted molar refractivity (Wildman–Crippen MR) is 204 cm³/mol. The van der Waals surface area contributed by atoms with Crippen molar-refractivity contribution in [3.63, 3.8) is 0 Å². The van der Waals surface area contributed by atoms with E-state index >= 15 is 0 Å². The highest BCUT2D eigenvalue weighted by molar-refractivity contribution is 5.89. The molecule has 3 fully saturated rings. The van der Waals surface area contributed by atoms with Gasteiger partial charge in [-0.3, -0.25) is 9.59 Å². The normalized spacial score (nSPS) is 36.3. The summed E-state index contributed by atoms with van der Waals surface area (Å²) in [5, 5.41) is 77.0. The van der Waals surface area contributed by atoms with Crippen molar-refractivity contribution in [1.82, 2.24) is 5.32 Å². The highest BCUT2D eigenvalue weighted by Crippen LogP contribution is 2.65. The van der Waals surface area contributed by atoms with Gasteiger partial charge in [0.05, 0.1) is 36.3 Å². The van der Waals surface area contributed by atoms with Crippen LogP contribution in [0, 0.1) is 22.2 Å². The summed E-state index contributed by atoms with van der Waals surface area (Å²) in [6.45, 7) is 11.5. The third-order valence-corrected chi connectivity index (χ3v) is 13.1. The Morgan fingerprint density at radius 1 is 0.897 bits per heavy atom. The number of nitrogens with one attached hydrogen (secondary N) is 1. The zero-order valence-electron chi connectivity index (χ0n) is 33.9. The Labute approximate surface area is 337 Å². The predicted octanol–water partition coefficient (Wildman–Crippen LogP) is 1.66. The van der Waals surface area contributed by atoms with Crippen molar-refractivity contribution in [3.05, 3.63) is 82.9 Å². The molecule has 6 rings (SSSR count). The maximum absolute atomic E-state index is 14.2. The number of ether oxygens (including phenoxy) is 4. The SMILES string of the molecule is CC(=O)O[C@@]12CO[C@@H]1C[C@H](O)[C@]1(C)C2C(OC(=O)c2ccccc2)[C@]2(O)[C@@H](O)[C@H](OC(=O)[C@H](O)[C@@H](NC(=O)C(C)(C)C)c3ccccc3)C(C)=C([C@@H](O)[C@H]1O)C2(C)C.